The summed E-state index contributed by atoms with van der Waals surface area (Å²) < 4.78 is 14.3. The maximum Gasteiger partial charge on any atom is 0.262 e. The number of benzene rings is 2. The maximum atomic E-state index is 12.9. The number of carbonyl (C=O) groups is 2. The van der Waals surface area contributed by atoms with Crippen LogP contribution in [0, 0.1) is 5.82 Å². The molecule has 1 N–H and O–H groups in total. The molecule has 0 saturated heterocycles. The molecule has 0 atom stereocenters. The van der Waals surface area contributed by atoms with Crippen molar-refractivity contribution < 1.29 is 19.1 Å². The van der Waals surface area contributed by atoms with Crippen LogP contribution in [0.15, 0.2) is 65.1 Å². The molecule has 7 nitrogen and oxygen atoms in total. The number of amides is 1. The first-order valence-corrected chi connectivity index (χ1v) is 9.42. The standard InChI is InChI=1S/C20H16FN3O4S/c1-2-9-24-18(26)15-8-3-12(19(27)28)10-16(15)23-20(24)29-11-17(25)22-14-6-4-13(21)5-7-14/h2-8,10H,1,9,11H2,(H,22,25)(H,27,28)/p-1. The summed E-state index contributed by atoms with van der Waals surface area (Å²) in [7, 11) is 0. The van der Waals surface area contributed by atoms with E-state index in [9.17, 15) is 23.9 Å². The number of allylic oxidation sites excluding steroid dienone is 1. The number of nitrogens with one attached hydrogen (secondary N) is 1. The lowest BCUT2D eigenvalue weighted by molar-refractivity contribution is -0.255. The molecule has 0 aliphatic carbocycles. The molecule has 3 aromatic rings. The van der Waals surface area contributed by atoms with Crippen molar-refractivity contribution in [1.29, 1.82) is 0 Å². The number of rotatable bonds is 7. The number of fused-ring (bicyclic) bond motifs is 1. The Bertz CT molecular complexity index is 1160. The number of hydrogen-bond acceptors (Lipinski definition) is 6. The Morgan fingerprint density at radius 1 is 1.24 bits per heavy atom. The third-order valence-corrected chi connectivity index (χ3v) is 4.90. The molecule has 9 heteroatoms. The molecule has 0 aliphatic rings. The molecule has 1 amide bonds. The van der Waals surface area contributed by atoms with Gasteiger partial charge in [0.1, 0.15) is 5.82 Å². The van der Waals surface area contributed by atoms with Gasteiger partial charge in [0.15, 0.2) is 5.16 Å². The average molecular weight is 412 g/mol. The summed E-state index contributed by atoms with van der Waals surface area (Å²) >= 11 is 1.02. The van der Waals surface area contributed by atoms with E-state index in [1.165, 1.54) is 53.1 Å². The van der Waals surface area contributed by atoms with Crippen molar-refractivity contribution in [3.8, 4) is 0 Å². The molecule has 0 unspecified atom stereocenters. The highest BCUT2D eigenvalue weighted by molar-refractivity contribution is 7.99. The first kappa shape index (κ1) is 20.3. The number of nitrogens with zero attached hydrogens (tertiary/aromatic N) is 2. The van der Waals surface area contributed by atoms with Crippen molar-refractivity contribution in [1.82, 2.24) is 9.55 Å². The van der Waals surface area contributed by atoms with Gasteiger partial charge in [0.05, 0.1) is 22.6 Å². The van der Waals surface area contributed by atoms with Gasteiger partial charge in [-0.25, -0.2) is 9.37 Å². The summed E-state index contributed by atoms with van der Waals surface area (Å²) in [5.41, 5.74) is 0.154. The van der Waals surface area contributed by atoms with Gasteiger partial charge in [-0.3, -0.25) is 14.2 Å². The van der Waals surface area contributed by atoms with Crippen LogP contribution in [0.25, 0.3) is 10.9 Å². The highest BCUT2D eigenvalue weighted by Gasteiger charge is 2.13. The predicted octanol–water partition coefficient (Wildman–Crippen LogP) is 1.82. The molecule has 29 heavy (non-hydrogen) atoms. The van der Waals surface area contributed by atoms with Crippen LogP contribution in [0.2, 0.25) is 0 Å². The Balaban J connectivity index is 1.87. The number of aromatic carboxylic acids is 1. The minimum atomic E-state index is -1.38. The van der Waals surface area contributed by atoms with E-state index in [0.717, 1.165) is 11.8 Å². The Labute approximate surface area is 168 Å². The number of thioether (sulfide) groups is 1. The van der Waals surface area contributed by atoms with E-state index in [-0.39, 0.29) is 45.4 Å². The molecule has 0 saturated carbocycles. The van der Waals surface area contributed by atoms with Crippen molar-refractivity contribution in [3.05, 3.63) is 76.9 Å². The quantitative estimate of drug-likeness (QED) is 0.361. The molecule has 0 aliphatic heterocycles. The number of carboxylic acid groups (broad SMARTS) is 1. The van der Waals surface area contributed by atoms with Crippen LogP contribution in [-0.2, 0) is 11.3 Å². The zero-order valence-corrected chi connectivity index (χ0v) is 15.9. The van der Waals surface area contributed by atoms with Gasteiger partial charge in [-0.1, -0.05) is 23.9 Å². The Morgan fingerprint density at radius 3 is 2.62 bits per heavy atom. The van der Waals surface area contributed by atoms with Crippen molar-refractivity contribution >= 4 is 40.2 Å². The molecule has 0 radical (unpaired) electrons. The molecule has 0 bridgehead atoms. The minimum absolute atomic E-state index is 0.0629. The van der Waals surface area contributed by atoms with Gasteiger partial charge in [-0.15, -0.1) is 6.58 Å². The van der Waals surface area contributed by atoms with Crippen molar-refractivity contribution in [2.45, 2.75) is 11.7 Å². The lowest BCUT2D eigenvalue weighted by Gasteiger charge is -2.12. The van der Waals surface area contributed by atoms with Crippen LogP contribution in [0.5, 0.6) is 0 Å². The Morgan fingerprint density at radius 2 is 1.97 bits per heavy atom. The topological polar surface area (TPSA) is 104 Å². The smallest absolute Gasteiger partial charge is 0.262 e. The van der Waals surface area contributed by atoms with Crippen LogP contribution in [0.3, 0.4) is 0 Å². The summed E-state index contributed by atoms with van der Waals surface area (Å²) in [6.45, 7) is 3.79. The van der Waals surface area contributed by atoms with E-state index >= 15 is 0 Å². The van der Waals surface area contributed by atoms with E-state index in [4.69, 9.17) is 0 Å². The normalized spacial score (nSPS) is 10.7. The van der Waals surface area contributed by atoms with E-state index < -0.39 is 11.8 Å². The highest BCUT2D eigenvalue weighted by atomic mass is 32.2. The van der Waals surface area contributed by atoms with Gasteiger partial charge < -0.3 is 15.2 Å². The molecular weight excluding hydrogens is 397 g/mol. The summed E-state index contributed by atoms with van der Waals surface area (Å²) in [5, 5.41) is 14.2. The molecule has 0 spiro atoms. The van der Waals surface area contributed by atoms with E-state index in [1.54, 1.807) is 0 Å². The predicted molar refractivity (Wildman–Crippen MR) is 106 cm³/mol. The second kappa shape index (κ2) is 8.70. The number of anilines is 1. The fraction of sp³-hybridized carbons (Fsp3) is 0.100. The molecule has 3 rings (SSSR count). The lowest BCUT2D eigenvalue weighted by Crippen LogP contribution is -2.25. The number of halogens is 1. The first-order chi connectivity index (χ1) is 13.9. The summed E-state index contributed by atoms with van der Waals surface area (Å²) in [6, 6.07) is 9.23. The van der Waals surface area contributed by atoms with Gasteiger partial charge >= 0.3 is 0 Å². The monoisotopic (exact) mass is 412 g/mol. The molecule has 1 heterocycles. The number of carboxylic acids is 1. The van der Waals surface area contributed by atoms with E-state index in [1.807, 2.05) is 0 Å². The maximum absolute atomic E-state index is 12.9. The molecule has 148 valence electrons. The van der Waals surface area contributed by atoms with E-state index in [0.29, 0.717) is 5.69 Å². The molecule has 2 aromatic carbocycles. The van der Waals surface area contributed by atoms with Crippen LogP contribution in [0.4, 0.5) is 10.1 Å². The zero-order valence-electron chi connectivity index (χ0n) is 15.1. The third kappa shape index (κ3) is 4.69. The minimum Gasteiger partial charge on any atom is -0.545 e. The number of carbonyl (C=O) groups excluding carboxylic acids is 2. The van der Waals surface area contributed by atoms with Gasteiger partial charge in [-0.05, 0) is 42.0 Å². The van der Waals surface area contributed by atoms with Crippen LogP contribution in [0.1, 0.15) is 10.4 Å². The summed E-state index contributed by atoms with van der Waals surface area (Å²) in [5.74, 6) is -2.23. The summed E-state index contributed by atoms with van der Waals surface area (Å²) in [4.78, 5) is 40.4. The highest BCUT2D eigenvalue weighted by Crippen LogP contribution is 2.19. The lowest BCUT2D eigenvalue weighted by atomic mass is 10.1. The Hall–Kier alpha value is -3.46. The fourth-order valence-corrected chi connectivity index (χ4v) is 3.40. The van der Waals surface area contributed by atoms with Gasteiger partial charge in [-0.2, -0.15) is 0 Å². The second-order valence-corrected chi connectivity index (χ2v) is 6.90. The number of aromatic nitrogens is 2. The van der Waals surface area contributed by atoms with E-state index in [2.05, 4.69) is 16.9 Å². The molecular formula is C20H15FN3O4S-. The zero-order chi connectivity index (χ0) is 21.0. The summed E-state index contributed by atoms with van der Waals surface area (Å²) in [6.07, 6.45) is 1.52. The van der Waals surface area contributed by atoms with Crippen LogP contribution in [-0.4, -0.2) is 27.2 Å². The third-order valence-electron chi connectivity index (χ3n) is 3.93. The first-order valence-electron chi connectivity index (χ1n) is 8.44. The molecule has 0 fully saturated rings. The van der Waals surface area contributed by atoms with Gasteiger partial charge in [0.25, 0.3) is 5.56 Å². The fourth-order valence-electron chi connectivity index (χ4n) is 2.59. The van der Waals surface area contributed by atoms with Crippen molar-refractivity contribution in [3.63, 3.8) is 0 Å². The van der Waals surface area contributed by atoms with Crippen LogP contribution >= 0.6 is 11.8 Å². The Kier molecular flexibility index (Phi) is 6.08. The second-order valence-electron chi connectivity index (χ2n) is 5.96. The van der Waals surface area contributed by atoms with Crippen molar-refractivity contribution in [2.24, 2.45) is 0 Å². The van der Waals surface area contributed by atoms with Gasteiger partial charge in [0.2, 0.25) is 5.91 Å². The average Bonchev–Trinajstić information content (AvgIpc) is 2.70. The largest absolute Gasteiger partial charge is 0.545 e. The van der Waals surface area contributed by atoms with Crippen molar-refractivity contribution in [2.75, 3.05) is 11.1 Å². The number of hydrogen-bond donors (Lipinski definition) is 1. The van der Waals surface area contributed by atoms with Gasteiger partial charge in [0, 0.05) is 12.2 Å². The van der Waals surface area contributed by atoms with Crippen LogP contribution < -0.4 is 16.0 Å². The molecule has 1 aromatic heterocycles. The SMILES string of the molecule is C=CCn1c(SCC(=O)Nc2ccc(F)cc2)nc2cc(C(=O)[O-])ccc2c1=O.